The van der Waals surface area contributed by atoms with Crippen LogP contribution in [0, 0.1) is 5.39 Å². The number of hydrogen-bond acceptors (Lipinski definition) is 16. The van der Waals surface area contributed by atoms with Gasteiger partial charge in [0.2, 0.25) is 17.0 Å². The van der Waals surface area contributed by atoms with Gasteiger partial charge in [-0.25, -0.2) is 9.59 Å². The summed E-state index contributed by atoms with van der Waals surface area (Å²) in [6.45, 7) is 3.03. The Morgan fingerprint density at radius 2 is 1.13 bits per heavy atom. The fraction of sp³-hybridized carbons (Fsp3) is 0.196. The second-order valence-corrected chi connectivity index (χ2v) is 14.0. The maximum Gasteiger partial charge on any atom is 0.426 e. The molecular formula is C46H50N11O12+. The number of amides is 2. The lowest BCUT2D eigenvalue weighted by atomic mass is 10.2. The van der Waals surface area contributed by atoms with E-state index in [1.807, 2.05) is 12.1 Å². The van der Waals surface area contributed by atoms with Crippen molar-refractivity contribution in [3.05, 3.63) is 147 Å². The Bertz CT molecular complexity index is 3040. The number of diazo groups is 1. The van der Waals surface area contributed by atoms with Crippen molar-refractivity contribution >= 4 is 68.1 Å². The highest BCUT2D eigenvalue weighted by atomic mass is 16.5. The highest BCUT2D eigenvalue weighted by Crippen LogP contribution is 2.29. The lowest BCUT2D eigenvalue weighted by Gasteiger charge is -2.08. The van der Waals surface area contributed by atoms with E-state index in [9.17, 15) is 29.1 Å². The number of benzene rings is 5. The molecule has 7 rings (SSSR count). The largest absolute Gasteiger partial charge is 0.510 e. The lowest BCUT2D eigenvalue weighted by Crippen LogP contribution is -2.14. The number of rotatable bonds is 16. The van der Waals surface area contributed by atoms with Gasteiger partial charge in [-0.1, -0.05) is 36.4 Å². The molecule has 5 aromatic carbocycles. The third-order valence-electron chi connectivity index (χ3n) is 8.60. The molecule has 0 atom stereocenters. The number of fused-ring (bicyclic) bond motifs is 2. The molecule has 0 unspecified atom stereocenters. The number of H-pyrrole nitrogens is 4. The van der Waals surface area contributed by atoms with Crippen LogP contribution in [0.15, 0.2) is 140 Å². The number of nitrogen functional groups attached to an aromatic ring is 1. The zero-order chi connectivity index (χ0) is 50.1. The zero-order valence-electron chi connectivity index (χ0n) is 37.3. The lowest BCUT2D eigenvalue weighted by molar-refractivity contribution is -0.124. The van der Waals surface area contributed by atoms with Crippen LogP contribution in [0.1, 0.15) is 20.3 Å². The van der Waals surface area contributed by atoms with Crippen molar-refractivity contribution in [1.29, 1.82) is 5.39 Å². The van der Waals surface area contributed by atoms with Crippen LogP contribution in [0.4, 0.5) is 28.4 Å². The summed E-state index contributed by atoms with van der Waals surface area (Å²) >= 11 is 0. The van der Waals surface area contributed by atoms with Crippen molar-refractivity contribution in [2.75, 3.05) is 56.0 Å². The molecule has 12 N–H and O–H groups in total. The molecular weight excluding hydrogens is 899 g/mol. The number of imidazole rings is 2. The van der Waals surface area contributed by atoms with Gasteiger partial charge in [0.1, 0.15) is 48.5 Å². The molecule has 0 aliphatic carbocycles. The van der Waals surface area contributed by atoms with Crippen LogP contribution in [0.3, 0.4) is 0 Å². The number of ether oxygens (including phenoxy) is 3. The van der Waals surface area contributed by atoms with Gasteiger partial charge in [-0.2, -0.15) is 0 Å². The Balaban J connectivity index is 0.000000219. The molecule has 0 radical (unpaired) electrons. The Morgan fingerprint density at radius 3 is 1.67 bits per heavy atom. The number of aromatic nitrogens is 4. The highest BCUT2D eigenvalue weighted by molar-refractivity contribution is 6.05. The smallest absolute Gasteiger partial charge is 0.426 e. The number of aromatic amines is 4. The van der Waals surface area contributed by atoms with E-state index in [0.29, 0.717) is 67.8 Å². The molecule has 0 bridgehead atoms. The number of para-hydroxylation sites is 4. The minimum atomic E-state index is -0.681. The summed E-state index contributed by atoms with van der Waals surface area (Å²) in [6.07, 6.45) is -0.151. The first-order valence-corrected chi connectivity index (χ1v) is 20.7. The first-order valence-electron chi connectivity index (χ1n) is 20.7. The Morgan fingerprint density at radius 1 is 0.652 bits per heavy atom. The number of aliphatic hydroxyl groups excluding tert-OH is 4. The maximum absolute atomic E-state index is 12.5. The molecule has 0 saturated heterocycles. The van der Waals surface area contributed by atoms with E-state index in [1.54, 1.807) is 97.1 Å². The average molecular weight is 949 g/mol. The SMILES string of the molecule is CC(=O)CC(=O)Nc1ccc2[nH]c(=O)[nH]c2c1.CC(O)=C(N=Nc1ccccc1OCCO)C(=O)Nc1ccc2[nH]c(=O)[nH]c2c1.N#[N+]c1ccccc1OCCO.Nc1ccccc1OCCO. The minimum absolute atomic E-state index is 0.00827. The third-order valence-corrected chi connectivity index (χ3v) is 8.60. The second-order valence-electron chi connectivity index (χ2n) is 14.0. The van der Waals surface area contributed by atoms with Gasteiger partial charge in [0.25, 0.3) is 5.91 Å². The van der Waals surface area contributed by atoms with Crippen molar-refractivity contribution in [2.24, 2.45) is 10.2 Å². The molecule has 0 saturated carbocycles. The third kappa shape index (κ3) is 17.3. The molecule has 0 fully saturated rings. The van der Waals surface area contributed by atoms with Crippen LogP contribution in [0.2, 0.25) is 0 Å². The van der Waals surface area contributed by atoms with E-state index in [2.05, 4.69) is 45.8 Å². The number of carbonyl (C=O) groups is 3. The van der Waals surface area contributed by atoms with Crippen LogP contribution in [0.25, 0.3) is 27.0 Å². The van der Waals surface area contributed by atoms with E-state index in [-0.39, 0.29) is 80.6 Å². The fourth-order valence-electron chi connectivity index (χ4n) is 5.63. The van der Waals surface area contributed by atoms with Crippen molar-refractivity contribution in [3.63, 3.8) is 0 Å². The predicted molar refractivity (Wildman–Crippen MR) is 256 cm³/mol. The molecule has 0 aliphatic rings. The molecule has 7 aromatic rings. The van der Waals surface area contributed by atoms with Gasteiger partial charge in [0.05, 0.1) is 54.0 Å². The van der Waals surface area contributed by atoms with E-state index < -0.39 is 5.91 Å². The molecule has 2 heterocycles. The second kappa shape index (κ2) is 27.4. The van der Waals surface area contributed by atoms with E-state index >= 15 is 0 Å². The quantitative estimate of drug-likeness (QED) is 0.0138. The van der Waals surface area contributed by atoms with Crippen LogP contribution < -0.4 is 42.0 Å². The van der Waals surface area contributed by atoms with Crippen molar-refractivity contribution < 1.29 is 49.0 Å². The van der Waals surface area contributed by atoms with Crippen molar-refractivity contribution in [3.8, 4) is 17.2 Å². The Labute approximate surface area is 391 Å². The number of aliphatic hydroxyl groups is 4. The molecule has 23 nitrogen and oxygen atoms in total. The molecule has 2 aromatic heterocycles. The summed E-state index contributed by atoms with van der Waals surface area (Å²) in [5.74, 6) is -0.0950. The van der Waals surface area contributed by atoms with Crippen LogP contribution in [0.5, 0.6) is 17.2 Å². The topological polar surface area (TPSA) is 360 Å². The molecule has 0 spiro atoms. The zero-order valence-corrected chi connectivity index (χ0v) is 37.3. The number of carbonyl (C=O) groups excluding carboxylic acids is 3. The summed E-state index contributed by atoms with van der Waals surface area (Å²) in [6, 6.07) is 30.5. The first kappa shape index (κ1) is 52.5. The van der Waals surface area contributed by atoms with Crippen molar-refractivity contribution in [1.82, 2.24) is 19.9 Å². The molecule has 2 amide bonds. The van der Waals surface area contributed by atoms with E-state index in [0.717, 1.165) is 0 Å². The number of anilines is 3. The maximum atomic E-state index is 12.5. The molecule has 23 heteroatoms. The number of ketones is 1. The van der Waals surface area contributed by atoms with E-state index in [4.69, 9.17) is 40.7 Å². The summed E-state index contributed by atoms with van der Waals surface area (Å²) in [7, 11) is 0. The van der Waals surface area contributed by atoms with Gasteiger partial charge in [0, 0.05) is 17.4 Å². The first-order chi connectivity index (χ1) is 33.2. The fourth-order valence-corrected chi connectivity index (χ4v) is 5.63. The van der Waals surface area contributed by atoms with Crippen LogP contribution >= 0.6 is 0 Å². The van der Waals surface area contributed by atoms with Gasteiger partial charge >= 0.3 is 17.1 Å². The number of hydrogen-bond donors (Lipinski definition) is 11. The summed E-state index contributed by atoms with van der Waals surface area (Å²) in [5.41, 5.74) is 9.25. The Hall–Kier alpha value is -9.11. The van der Waals surface area contributed by atoms with Gasteiger partial charge in [-0.3, -0.25) is 14.4 Å². The van der Waals surface area contributed by atoms with Gasteiger partial charge in [0.15, 0.2) is 10.7 Å². The minimum Gasteiger partial charge on any atom is -0.510 e. The van der Waals surface area contributed by atoms with E-state index in [1.165, 1.54) is 13.8 Å². The molecule has 69 heavy (non-hydrogen) atoms. The van der Waals surface area contributed by atoms with Gasteiger partial charge in [-0.05, 0) is 80.6 Å². The monoisotopic (exact) mass is 948 g/mol. The normalized spacial score (nSPS) is 10.8. The number of nitrogens with one attached hydrogen (secondary N) is 6. The summed E-state index contributed by atoms with van der Waals surface area (Å²) in [4.78, 5) is 70.4. The number of Topliss-reactive ketones (excluding diaryl/α,β-unsaturated/α-hetero) is 1. The molecule has 0 aliphatic heterocycles. The highest BCUT2D eigenvalue weighted by Gasteiger charge is 2.15. The summed E-state index contributed by atoms with van der Waals surface area (Å²) < 4.78 is 15.5. The van der Waals surface area contributed by atoms with Crippen molar-refractivity contribution in [2.45, 2.75) is 20.3 Å². The average Bonchev–Trinajstić information content (AvgIpc) is 3.90. The number of nitrogens with two attached hydrogens (primary N) is 1. The summed E-state index contributed by atoms with van der Waals surface area (Å²) in [5, 5.41) is 57.2. The van der Waals surface area contributed by atoms with Crippen LogP contribution in [-0.2, 0) is 14.4 Å². The van der Waals surface area contributed by atoms with Gasteiger partial charge < -0.3 is 70.9 Å². The van der Waals surface area contributed by atoms with Crippen LogP contribution in [-0.4, -0.2) is 97.6 Å². The number of nitrogens with zero attached hydrogens (tertiary/aromatic N) is 4. The number of allylic oxidation sites excluding steroid dienone is 1. The van der Waals surface area contributed by atoms with Gasteiger partial charge in [-0.15, -0.1) is 10.2 Å². The standard InChI is InChI=1S/C19H19N5O5.C11H11N3O3.C8H9N2O2.C8H11NO2/c1-11(26)17(24-23-14-4-2-3-5-16(14)29-9-8-25)18(27)20-12-6-7-13-15(10-12)22-19(28)21-13;1-6(15)4-10(16)12-7-2-3-8-9(5-7)14-11(17)13-8;9-10-7-3-1-2-4-8(7)12-6-5-11;9-7-3-1-2-4-8(7)11-6-5-10/h2-7,10,25-26H,8-9H2,1H3,(H,20,27)(H2,21,22,28);2-3,5H,4H2,1H3,(H,12,16)(H2,13,14,17);1-4,11H,5-6H2;1-4,10H,5-6,9H2/q;;+1;. The Kier molecular flexibility index (Phi) is 20.8. The predicted octanol–water partition coefficient (Wildman–Crippen LogP) is 5.70. The number of azo groups is 1. The molecule has 360 valence electrons.